The molecule has 3 aromatic rings. The molecule has 8 nitrogen and oxygen atoms in total. The Morgan fingerprint density at radius 2 is 1.34 bits per heavy atom. The quantitative estimate of drug-likeness (QED) is 0.169. The van der Waals surface area contributed by atoms with Gasteiger partial charge in [0.15, 0.2) is 5.78 Å². The number of amides is 3. The van der Waals surface area contributed by atoms with Crippen LogP contribution in [0.5, 0.6) is 5.75 Å². The van der Waals surface area contributed by atoms with Crippen LogP contribution in [0.1, 0.15) is 55.9 Å². The van der Waals surface area contributed by atoms with E-state index < -0.39 is 47.9 Å². The van der Waals surface area contributed by atoms with Gasteiger partial charge in [-0.05, 0) is 98.7 Å². The summed E-state index contributed by atoms with van der Waals surface area (Å²) in [6, 6.07) is 18.9. The predicted octanol–water partition coefficient (Wildman–Crippen LogP) is 5.14. The average molecular weight is 571 g/mol. The standard InChI is InChI=1S/C32H27ClN2O6/c1-18-2-4-21(5-3-18)32(40)41-25-14-10-19(11-15-25)26(36)17-34(29(37)20-8-12-24(33)13-9-20)35-30(38)27-22-6-7-23(16-22)28(27)31(35)39/h2-5,8-15,22-23,27-28H,6-7,16-17H2,1H3/t22-,23-,27-,28+/m0/s1. The lowest BCUT2D eigenvalue weighted by atomic mass is 9.81. The number of hydrogen-bond acceptors (Lipinski definition) is 6. The van der Waals surface area contributed by atoms with Gasteiger partial charge in [0.2, 0.25) is 0 Å². The van der Waals surface area contributed by atoms with Crippen molar-refractivity contribution in [2.45, 2.75) is 26.2 Å². The molecule has 0 aromatic heterocycles. The number of rotatable bonds is 7. The molecule has 3 amide bonds. The molecular weight excluding hydrogens is 544 g/mol. The number of aryl methyl sites for hydroxylation is 1. The Labute approximate surface area is 241 Å². The fourth-order valence-electron chi connectivity index (χ4n) is 6.40. The molecule has 208 valence electrons. The second-order valence-corrected chi connectivity index (χ2v) is 11.4. The number of halogens is 1. The largest absolute Gasteiger partial charge is 0.423 e. The minimum Gasteiger partial charge on any atom is -0.423 e. The minimum atomic E-state index is -0.646. The van der Waals surface area contributed by atoms with Crippen LogP contribution >= 0.6 is 11.6 Å². The summed E-state index contributed by atoms with van der Waals surface area (Å²) in [5.41, 5.74) is 1.83. The Balaban J connectivity index is 1.23. The highest BCUT2D eigenvalue weighted by Gasteiger charge is 2.62. The first kappa shape index (κ1) is 26.9. The highest BCUT2D eigenvalue weighted by atomic mass is 35.5. The van der Waals surface area contributed by atoms with Crippen molar-refractivity contribution < 1.29 is 28.7 Å². The zero-order valence-corrected chi connectivity index (χ0v) is 23.0. The van der Waals surface area contributed by atoms with Crippen LogP contribution in [0.25, 0.3) is 0 Å². The molecule has 0 N–H and O–H groups in total. The maximum absolute atomic E-state index is 13.7. The molecule has 2 bridgehead atoms. The summed E-state index contributed by atoms with van der Waals surface area (Å²) in [6.07, 6.45) is 2.64. The summed E-state index contributed by atoms with van der Waals surface area (Å²) in [5.74, 6) is -2.88. The number of ketones is 1. The van der Waals surface area contributed by atoms with Crippen molar-refractivity contribution in [1.29, 1.82) is 0 Å². The maximum Gasteiger partial charge on any atom is 0.343 e. The smallest absolute Gasteiger partial charge is 0.343 e. The second-order valence-electron chi connectivity index (χ2n) is 10.9. The van der Waals surface area contributed by atoms with E-state index in [2.05, 4.69) is 0 Å². The predicted molar refractivity (Wildman–Crippen MR) is 149 cm³/mol. The van der Waals surface area contributed by atoms with E-state index in [9.17, 15) is 24.0 Å². The number of Topliss-reactive ketones (excluding diaryl/α,β-unsaturated/α-hetero) is 1. The Hall–Kier alpha value is -4.30. The molecule has 6 rings (SSSR count). The molecule has 41 heavy (non-hydrogen) atoms. The highest BCUT2D eigenvalue weighted by Crippen LogP contribution is 2.56. The van der Waals surface area contributed by atoms with Crippen LogP contribution in [0.4, 0.5) is 0 Å². The topological polar surface area (TPSA) is 101 Å². The molecule has 2 saturated carbocycles. The molecule has 1 saturated heterocycles. The number of benzene rings is 3. The minimum absolute atomic E-state index is 0.129. The lowest BCUT2D eigenvalue weighted by Gasteiger charge is -2.30. The fourth-order valence-corrected chi connectivity index (χ4v) is 6.52. The van der Waals surface area contributed by atoms with E-state index >= 15 is 0 Å². The Morgan fingerprint density at radius 3 is 1.93 bits per heavy atom. The van der Waals surface area contributed by atoms with Crippen LogP contribution in [-0.2, 0) is 9.59 Å². The molecule has 2 aliphatic carbocycles. The van der Waals surface area contributed by atoms with Crippen molar-refractivity contribution in [3.8, 4) is 5.75 Å². The first-order chi connectivity index (χ1) is 19.7. The summed E-state index contributed by atoms with van der Waals surface area (Å²) in [4.78, 5) is 66.6. The van der Waals surface area contributed by atoms with Gasteiger partial charge in [0, 0.05) is 16.1 Å². The number of carbonyl (C=O) groups excluding carboxylic acids is 5. The van der Waals surface area contributed by atoms with Crippen LogP contribution in [-0.4, -0.2) is 46.0 Å². The van der Waals surface area contributed by atoms with E-state index in [1.54, 1.807) is 12.1 Å². The molecule has 0 radical (unpaired) electrons. The molecule has 1 aliphatic heterocycles. The molecule has 9 heteroatoms. The van der Waals surface area contributed by atoms with Crippen molar-refractivity contribution in [2.75, 3.05) is 6.54 Å². The van der Waals surface area contributed by atoms with E-state index in [-0.39, 0.29) is 28.7 Å². The molecule has 0 unspecified atom stereocenters. The second kappa shape index (κ2) is 10.6. The lowest BCUT2D eigenvalue weighted by Crippen LogP contribution is -2.52. The molecular formula is C32H27ClN2O6. The van der Waals surface area contributed by atoms with Crippen molar-refractivity contribution >= 4 is 41.1 Å². The third kappa shape index (κ3) is 4.93. The normalized spacial score (nSPS) is 22.5. The number of hydrazine groups is 1. The summed E-state index contributed by atoms with van der Waals surface area (Å²) < 4.78 is 5.42. The molecule has 1 heterocycles. The van der Waals surface area contributed by atoms with E-state index in [1.165, 1.54) is 48.5 Å². The summed E-state index contributed by atoms with van der Waals surface area (Å²) in [5, 5.41) is 2.30. The van der Waals surface area contributed by atoms with E-state index in [1.807, 2.05) is 19.1 Å². The van der Waals surface area contributed by atoms with E-state index in [0.717, 1.165) is 34.8 Å². The Morgan fingerprint density at radius 1 is 0.805 bits per heavy atom. The van der Waals surface area contributed by atoms with Gasteiger partial charge in [0.25, 0.3) is 17.7 Å². The third-order valence-corrected chi connectivity index (χ3v) is 8.69. The highest BCUT2D eigenvalue weighted by molar-refractivity contribution is 6.30. The number of nitrogens with zero attached hydrogens (tertiary/aromatic N) is 2. The first-order valence-corrected chi connectivity index (χ1v) is 14.0. The van der Waals surface area contributed by atoms with Crippen molar-refractivity contribution in [2.24, 2.45) is 23.7 Å². The van der Waals surface area contributed by atoms with Gasteiger partial charge in [-0.25, -0.2) is 9.80 Å². The van der Waals surface area contributed by atoms with Gasteiger partial charge in [0.05, 0.1) is 17.4 Å². The van der Waals surface area contributed by atoms with Gasteiger partial charge in [-0.1, -0.05) is 29.3 Å². The van der Waals surface area contributed by atoms with Gasteiger partial charge in [0.1, 0.15) is 12.3 Å². The van der Waals surface area contributed by atoms with Crippen molar-refractivity contribution in [1.82, 2.24) is 10.0 Å². The Kier molecular flexibility index (Phi) is 6.95. The molecule has 3 aromatic carbocycles. The number of ether oxygens (including phenoxy) is 1. The number of fused-ring (bicyclic) bond motifs is 5. The summed E-state index contributed by atoms with van der Waals surface area (Å²) in [7, 11) is 0. The Bertz CT molecular complexity index is 1520. The zero-order valence-electron chi connectivity index (χ0n) is 22.3. The summed E-state index contributed by atoms with van der Waals surface area (Å²) >= 11 is 5.99. The average Bonchev–Trinajstić information content (AvgIpc) is 3.66. The monoisotopic (exact) mass is 570 g/mol. The van der Waals surface area contributed by atoms with E-state index in [0.29, 0.717) is 10.6 Å². The third-order valence-electron chi connectivity index (χ3n) is 8.44. The molecule has 0 spiro atoms. The van der Waals surface area contributed by atoms with Gasteiger partial charge < -0.3 is 4.74 Å². The first-order valence-electron chi connectivity index (χ1n) is 13.6. The maximum atomic E-state index is 13.7. The van der Waals surface area contributed by atoms with Crippen LogP contribution in [0.2, 0.25) is 5.02 Å². The fraction of sp³-hybridized carbons (Fsp3) is 0.281. The van der Waals surface area contributed by atoms with Crippen LogP contribution in [0.15, 0.2) is 72.8 Å². The van der Waals surface area contributed by atoms with Gasteiger partial charge in [-0.15, -0.1) is 0 Å². The SMILES string of the molecule is Cc1ccc(C(=O)Oc2ccc(C(=O)CN(C(=O)c3ccc(Cl)cc3)N3C(=O)[C@@H]4[C@H]5CC[C@@H](C5)[C@@H]4C3=O)cc2)cc1. The van der Waals surface area contributed by atoms with Crippen LogP contribution in [0.3, 0.4) is 0 Å². The zero-order chi connectivity index (χ0) is 28.8. The van der Waals surface area contributed by atoms with Gasteiger partial charge >= 0.3 is 5.97 Å². The number of carbonyl (C=O) groups is 5. The lowest BCUT2D eigenvalue weighted by molar-refractivity contribution is -0.155. The molecule has 4 atom stereocenters. The summed E-state index contributed by atoms with van der Waals surface area (Å²) in [6.45, 7) is 1.40. The van der Waals surface area contributed by atoms with Gasteiger partial charge in [-0.3, -0.25) is 19.2 Å². The number of esters is 1. The van der Waals surface area contributed by atoms with Crippen LogP contribution in [0, 0.1) is 30.6 Å². The van der Waals surface area contributed by atoms with E-state index in [4.69, 9.17) is 16.3 Å². The van der Waals surface area contributed by atoms with Crippen molar-refractivity contribution in [3.05, 3.63) is 100 Å². The van der Waals surface area contributed by atoms with Crippen molar-refractivity contribution in [3.63, 3.8) is 0 Å². The molecule has 3 fully saturated rings. The van der Waals surface area contributed by atoms with Crippen LogP contribution < -0.4 is 4.74 Å². The number of imide groups is 1. The van der Waals surface area contributed by atoms with Gasteiger partial charge in [-0.2, -0.15) is 5.01 Å². The molecule has 3 aliphatic rings. The number of hydrogen-bond donors (Lipinski definition) is 0.